The highest BCUT2D eigenvalue weighted by Gasteiger charge is 2.50. The predicted molar refractivity (Wildman–Crippen MR) is 149 cm³/mol. The van der Waals surface area contributed by atoms with Gasteiger partial charge in [-0.15, -0.1) is 0 Å². The number of hydrogen-bond donors (Lipinski definition) is 0. The van der Waals surface area contributed by atoms with Crippen molar-refractivity contribution < 1.29 is 9.53 Å². The lowest BCUT2D eigenvalue weighted by Gasteiger charge is -2.57. The van der Waals surface area contributed by atoms with Gasteiger partial charge in [-0.25, -0.2) is 9.78 Å². The largest absolute Gasteiger partial charge is 0.465 e. The number of imidazole rings is 1. The number of esters is 1. The SMILES string of the molecule is COC(=O)c1cccc(/C=C/c2nc(-c3ccccc3C)n(C)c2CCC23CC4CC(CC(C4)C2)C3)c1. The second-order valence-electron chi connectivity index (χ2n) is 12.0. The van der Waals surface area contributed by atoms with E-state index in [1.54, 1.807) is 6.07 Å². The molecule has 0 amide bonds. The van der Waals surface area contributed by atoms with Crippen LogP contribution in [0.2, 0.25) is 0 Å². The molecule has 4 fully saturated rings. The van der Waals surface area contributed by atoms with Crippen molar-refractivity contribution in [3.8, 4) is 11.4 Å². The first-order chi connectivity index (χ1) is 17.9. The fraction of sp³-hybridized carbons (Fsp3) is 0.455. The van der Waals surface area contributed by atoms with Crippen molar-refractivity contribution in [3.05, 3.63) is 76.6 Å². The Morgan fingerprint density at radius 2 is 1.73 bits per heavy atom. The molecule has 0 atom stereocenters. The highest BCUT2D eigenvalue weighted by molar-refractivity contribution is 5.90. The summed E-state index contributed by atoms with van der Waals surface area (Å²) in [4.78, 5) is 17.2. The van der Waals surface area contributed by atoms with Crippen molar-refractivity contribution in [2.24, 2.45) is 30.2 Å². The van der Waals surface area contributed by atoms with Crippen LogP contribution in [-0.4, -0.2) is 22.6 Å². The Bertz CT molecular complexity index is 1310. The first-order valence-corrected chi connectivity index (χ1v) is 13.9. The molecule has 0 spiro atoms. The molecule has 0 N–H and O–H groups in total. The maximum absolute atomic E-state index is 12.0. The maximum atomic E-state index is 12.0. The normalized spacial score (nSPS) is 26.2. The van der Waals surface area contributed by atoms with E-state index in [9.17, 15) is 4.79 Å². The van der Waals surface area contributed by atoms with Crippen LogP contribution in [0, 0.1) is 30.1 Å². The first kappa shape index (κ1) is 24.2. The van der Waals surface area contributed by atoms with Crippen LogP contribution in [0.3, 0.4) is 0 Å². The molecule has 0 aliphatic heterocycles. The number of nitrogens with zero attached hydrogens (tertiary/aromatic N) is 2. The quantitative estimate of drug-likeness (QED) is 0.319. The zero-order chi connectivity index (χ0) is 25.6. The Labute approximate surface area is 220 Å². The Kier molecular flexibility index (Phi) is 6.30. The summed E-state index contributed by atoms with van der Waals surface area (Å²) in [5, 5.41) is 0. The zero-order valence-electron chi connectivity index (χ0n) is 22.4. The summed E-state index contributed by atoms with van der Waals surface area (Å²) in [6, 6.07) is 16.1. The lowest BCUT2D eigenvalue weighted by molar-refractivity contribution is -0.0571. The van der Waals surface area contributed by atoms with Crippen LogP contribution >= 0.6 is 0 Å². The summed E-state index contributed by atoms with van der Waals surface area (Å²) in [6.07, 6.45) is 15.3. The lowest BCUT2D eigenvalue weighted by Crippen LogP contribution is -2.46. The molecule has 1 heterocycles. The second-order valence-corrected chi connectivity index (χ2v) is 12.0. The van der Waals surface area contributed by atoms with Crippen LogP contribution < -0.4 is 0 Å². The van der Waals surface area contributed by atoms with Gasteiger partial charge in [0.05, 0.1) is 18.4 Å². The van der Waals surface area contributed by atoms with Gasteiger partial charge in [0.1, 0.15) is 5.82 Å². The minimum Gasteiger partial charge on any atom is -0.465 e. The fourth-order valence-corrected chi connectivity index (χ4v) is 8.09. The van der Waals surface area contributed by atoms with Gasteiger partial charge in [-0.1, -0.05) is 42.5 Å². The van der Waals surface area contributed by atoms with Gasteiger partial charge in [0, 0.05) is 18.3 Å². The highest BCUT2D eigenvalue weighted by atomic mass is 16.5. The number of benzene rings is 2. The van der Waals surface area contributed by atoms with E-state index in [4.69, 9.17) is 9.72 Å². The number of carbonyl (C=O) groups excluding carboxylic acids is 1. The van der Waals surface area contributed by atoms with Gasteiger partial charge in [-0.3, -0.25) is 0 Å². The van der Waals surface area contributed by atoms with Gasteiger partial charge in [-0.2, -0.15) is 0 Å². The number of hydrogen-bond acceptors (Lipinski definition) is 3. The third kappa shape index (κ3) is 4.67. The van der Waals surface area contributed by atoms with Gasteiger partial charge in [-0.05, 0) is 111 Å². The van der Waals surface area contributed by atoms with Gasteiger partial charge in [0.25, 0.3) is 0 Å². The summed E-state index contributed by atoms with van der Waals surface area (Å²) in [7, 11) is 3.60. The van der Waals surface area contributed by atoms with Crippen LogP contribution in [0.4, 0.5) is 0 Å². The molecule has 0 unspecified atom stereocenters. The average Bonchev–Trinajstić information content (AvgIpc) is 3.20. The molecule has 4 heteroatoms. The molecule has 4 aliphatic carbocycles. The Morgan fingerprint density at radius 1 is 1.03 bits per heavy atom. The number of aromatic nitrogens is 2. The summed E-state index contributed by atoms with van der Waals surface area (Å²) >= 11 is 0. The third-order valence-corrected chi connectivity index (χ3v) is 9.43. The van der Waals surface area contributed by atoms with Crippen LogP contribution in [0.25, 0.3) is 23.5 Å². The van der Waals surface area contributed by atoms with Crippen LogP contribution in [-0.2, 0) is 18.2 Å². The standard InChI is InChI=1S/C33H38N2O2/c1-22-7-4-5-10-28(22)31-34-29(12-11-23-8-6-9-27(18-23)32(36)37-3)30(35(31)2)13-14-33-19-24-15-25(20-33)17-26(16-24)21-33/h4-12,18,24-26H,13-17,19-21H2,1-3H3/b12-11+. The number of carbonyl (C=O) groups is 1. The monoisotopic (exact) mass is 494 g/mol. The Hall–Kier alpha value is -3.14. The predicted octanol–water partition coefficient (Wildman–Crippen LogP) is 7.50. The number of ether oxygens (including phenoxy) is 1. The van der Waals surface area contributed by atoms with Crippen molar-refractivity contribution in [1.29, 1.82) is 0 Å². The molecule has 37 heavy (non-hydrogen) atoms. The third-order valence-electron chi connectivity index (χ3n) is 9.43. The van der Waals surface area contributed by atoms with Crippen molar-refractivity contribution in [2.45, 2.75) is 58.3 Å². The molecule has 192 valence electrons. The Balaban J connectivity index is 1.33. The molecule has 7 rings (SSSR count). The van der Waals surface area contributed by atoms with Gasteiger partial charge < -0.3 is 9.30 Å². The van der Waals surface area contributed by atoms with E-state index in [1.807, 2.05) is 18.2 Å². The van der Waals surface area contributed by atoms with Gasteiger partial charge >= 0.3 is 5.97 Å². The van der Waals surface area contributed by atoms with E-state index >= 15 is 0 Å². The van der Waals surface area contributed by atoms with Crippen molar-refractivity contribution in [3.63, 3.8) is 0 Å². The van der Waals surface area contributed by atoms with E-state index in [0.717, 1.165) is 41.3 Å². The molecule has 4 aliphatic rings. The molecule has 4 bridgehead atoms. The zero-order valence-corrected chi connectivity index (χ0v) is 22.4. The lowest BCUT2D eigenvalue weighted by atomic mass is 9.48. The van der Waals surface area contributed by atoms with Crippen molar-refractivity contribution in [1.82, 2.24) is 9.55 Å². The average molecular weight is 495 g/mol. The van der Waals surface area contributed by atoms with Gasteiger partial charge in [0.15, 0.2) is 0 Å². The molecular formula is C33H38N2O2. The minimum absolute atomic E-state index is 0.314. The minimum atomic E-state index is -0.314. The first-order valence-electron chi connectivity index (χ1n) is 13.9. The van der Waals surface area contributed by atoms with Crippen LogP contribution in [0.15, 0.2) is 48.5 Å². The van der Waals surface area contributed by atoms with E-state index < -0.39 is 0 Å². The van der Waals surface area contributed by atoms with Crippen LogP contribution in [0.5, 0.6) is 0 Å². The summed E-state index contributed by atoms with van der Waals surface area (Å²) < 4.78 is 7.23. The molecule has 4 saturated carbocycles. The topological polar surface area (TPSA) is 44.1 Å². The van der Waals surface area contributed by atoms with Crippen LogP contribution in [0.1, 0.15) is 77.8 Å². The summed E-state index contributed by atoms with van der Waals surface area (Å²) in [6.45, 7) is 2.16. The molecule has 3 aromatic rings. The van der Waals surface area contributed by atoms with Crippen molar-refractivity contribution >= 4 is 18.1 Å². The molecule has 2 aromatic carbocycles. The number of methoxy groups -OCH3 is 1. The number of aryl methyl sites for hydroxylation is 1. The van der Waals surface area contributed by atoms with Gasteiger partial charge in [0.2, 0.25) is 0 Å². The highest BCUT2D eigenvalue weighted by Crippen LogP contribution is 2.61. The molecule has 0 radical (unpaired) electrons. The summed E-state index contributed by atoms with van der Waals surface area (Å²) in [5.41, 5.74) is 6.85. The van der Waals surface area contributed by atoms with E-state index in [1.165, 1.54) is 68.9 Å². The molecule has 0 saturated heterocycles. The maximum Gasteiger partial charge on any atom is 0.337 e. The van der Waals surface area contributed by atoms with Crippen molar-refractivity contribution in [2.75, 3.05) is 7.11 Å². The molecular weight excluding hydrogens is 456 g/mol. The smallest absolute Gasteiger partial charge is 0.337 e. The summed E-state index contributed by atoms with van der Waals surface area (Å²) in [5.74, 6) is 3.64. The van der Waals surface area contributed by atoms with E-state index in [-0.39, 0.29) is 5.97 Å². The fourth-order valence-electron chi connectivity index (χ4n) is 8.09. The number of rotatable bonds is 7. The molecule has 1 aromatic heterocycles. The molecule has 4 nitrogen and oxygen atoms in total. The Morgan fingerprint density at radius 3 is 2.41 bits per heavy atom. The van der Waals surface area contributed by atoms with E-state index in [0.29, 0.717) is 11.0 Å². The second kappa shape index (κ2) is 9.63. The van der Waals surface area contributed by atoms with E-state index in [2.05, 4.69) is 55.0 Å².